The molecule has 2 aliphatic carbocycles. The van der Waals surface area contributed by atoms with Gasteiger partial charge in [-0.3, -0.25) is 0 Å². The third-order valence-electron chi connectivity index (χ3n) is 5.89. The van der Waals surface area contributed by atoms with Gasteiger partial charge in [0.25, 0.3) is 0 Å². The third kappa shape index (κ3) is 2.87. The monoisotopic (exact) mass is 272 g/mol. The number of methoxy groups -OCH3 is 1. The molecule has 4 unspecified atom stereocenters. The molecule has 4 atom stereocenters. The van der Waals surface area contributed by atoms with Crippen LogP contribution in [0.25, 0.3) is 0 Å². The summed E-state index contributed by atoms with van der Waals surface area (Å²) in [7, 11) is 1.74. The second-order valence-corrected chi connectivity index (χ2v) is 6.89. The van der Waals surface area contributed by atoms with Crippen LogP contribution >= 0.6 is 0 Å². The predicted octanol–water partition coefficient (Wildman–Crippen LogP) is 5.41. The summed E-state index contributed by atoms with van der Waals surface area (Å²) in [6.45, 7) is 2.37. The molecule has 0 N–H and O–H groups in total. The number of benzene rings is 1. The Morgan fingerprint density at radius 2 is 1.65 bits per heavy atom. The summed E-state index contributed by atoms with van der Waals surface area (Å²) in [4.78, 5) is 0. The van der Waals surface area contributed by atoms with Gasteiger partial charge in [0.2, 0.25) is 0 Å². The molecule has 3 rings (SSSR count). The quantitative estimate of drug-likeness (QED) is 0.715. The lowest BCUT2D eigenvalue weighted by molar-refractivity contribution is 0.116. The predicted molar refractivity (Wildman–Crippen MR) is 84.2 cm³/mol. The Hall–Kier alpha value is -0.980. The molecule has 1 aromatic carbocycles. The van der Waals surface area contributed by atoms with E-state index in [2.05, 4.69) is 31.2 Å². The van der Waals surface area contributed by atoms with Crippen molar-refractivity contribution in [2.45, 2.75) is 57.8 Å². The lowest BCUT2D eigenvalue weighted by Crippen LogP contribution is -2.30. The molecular formula is C19H28O. The van der Waals surface area contributed by atoms with E-state index < -0.39 is 0 Å². The van der Waals surface area contributed by atoms with Crippen molar-refractivity contribution < 1.29 is 4.74 Å². The van der Waals surface area contributed by atoms with Gasteiger partial charge in [-0.15, -0.1) is 0 Å². The van der Waals surface area contributed by atoms with Crippen LogP contribution in [0.4, 0.5) is 0 Å². The van der Waals surface area contributed by atoms with Crippen molar-refractivity contribution >= 4 is 0 Å². The van der Waals surface area contributed by atoms with Gasteiger partial charge in [-0.1, -0.05) is 31.9 Å². The topological polar surface area (TPSA) is 9.23 Å². The van der Waals surface area contributed by atoms with E-state index in [9.17, 15) is 0 Å². The number of rotatable bonds is 3. The summed E-state index contributed by atoms with van der Waals surface area (Å²) in [5.74, 6) is 4.82. The smallest absolute Gasteiger partial charge is 0.118 e. The first-order chi connectivity index (χ1) is 9.80. The van der Waals surface area contributed by atoms with E-state index in [0.29, 0.717) is 0 Å². The minimum atomic E-state index is 0.792. The van der Waals surface area contributed by atoms with Crippen LogP contribution in [0.5, 0.6) is 5.75 Å². The molecule has 0 aromatic heterocycles. The first kappa shape index (κ1) is 14.0. The van der Waals surface area contributed by atoms with Crippen LogP contribution in [0, 0.1) is 17.8 Å². The zero-order chi connectivity index (χ0) is 13.9. The number of fused-ring (bicyclic) bond motifs is 1. The third-order valence-corrected chi connectivity index (χ3v) is 5.89. The maximum Gasteiger partial charge on any atom is 0.118 e. The molecule has 0 radical (unpaired) electrons. The SMILES string of the molecule is CCC1CCC2CC(c3ccc(OC)cc3)CCC2C1. The Bertz CT molecular complexity index is 422. The summed E-state index contributed by atoms with van der Waals surface area (Å²) >= 11 is 0. The second-order valence-electron chi connectivity index (χ2n) is 6.89. The van der Waals surface area contributed by atoms with E-state index >= 15 is 0 Å². The van der Waals surface area contributed by atoms with Crippen molar-refractivity contribution in [2.75, 3.05) is 7.11 Å². The van der Waals surface area contributed by atoms with Gasteiger partial charge >= 0.3 is 0 Å². The fourth-order valence-electron chi connectivity index (χ4n) is 4.54. The average molecular weight is 272 g/mol. The van der Waals surface area contributed by atoms with Crippen molar-refractivity contribution in [3.8, 4) is 5.75 Å². The second kappa shape index (κ2) is 6.20. The highest BCUT2D eigenvalue weighted by atomic mass is 16.5. The zero-order valence-electron chi connectivity index (χ0n) is 13.0. The van der Waals surface area contributed by atoms with Crippen LogP contribution in [-0.4, -0.2) is 7.11 Å². The Morgan fingerprint density at radius 1 is 0.950 bits per heavy atom. The van der Waals surface area contributed by atoms with Gasteiger partial charge in [0.1, 0.15) is 5.75 Å². The van der Waals surface area contributed by atoms with Crippen LogP contribution in [0.3, 0.4) is 0 Å². The fourth-order valence-corrected chi connectivity index (χ4v) is 4.54. The molecule has 1 aromatic rings. The Balaban J connectivity index is 1.64. The van der Waals surface area contributed by atoms with Gasteiger partial charge in [-0.2, -0.15) is 0 Å². The van der Waals surface area contributed by atoms with Crippen molar-refractivity contribution in [1.29, 1.82) is 0 Å². The standard InChI is InChI=1S/C19H28O/c1-3-14-4-5-18-13-17(7-6-16(18)12-14)15-8-10-19(20-2)11-9-15/h8-11,14,16-18H,3-7,12-13H2,1-2H3. The number of hydrogen-bond donors (Lipinski definition) is 0. The molecule has 0 heterocycles. The van der Waals surface area contributed by atoms with Crippen LogP contribution in [0.2, 0.25) is 0 Å². The van der Waals surface area contributed by atoms with Gasteiger partial charge in [0, 0.05) is 0 Å². The van der Waals surface area contributed by atoms with Crippen LogP contribution in [-0.2, 0) is 0 Å². The first-order valence-corrected chi connectivity index (χ1v) is 8.44. The minimum Gasteiger partial charge on any atom is -0.497 e. The van der Waals surface area contributed by atoms with E-state index in [4.69, 9.17) is 4.74 Å². The summed E-state index contributed by atoms with van der Waals surface area (Å²) in [5, 5.41) is 0. The zero-order valence-corrected chi connectivity index (χ0v) is 13.0. The van der Waals surface area contributed by atoms with Crippen molar-refractivity contribution in [1.82, 2.24) is 0 Å². The maximum absolute atomic E-state index is 5.27. The summed E-state index contributed by atoms with van der Waals surface area (Å²) in [5.41, 5.74) is 1.53. The van der Waals surface area contributed by atoms with Crippen LogP contribution < -0.4 is 4.74 Å². The number of ether oxygens (including phenoxy) is 1. The van der Waals surface area contributed by atoms with Crippen LogP contribution in [0.15, 0.2) is 24.3 Å². The first-order valence-electron chi connectivity index (χ1n) is 8.44. The highest BCUT2D eigenvalue weighted by Gasteiger charge is 2.35. The van der Waals surface area contributed by atoms with Gasteiger partial charge in [-0.25, -0.2) is 0 Å². The van der Waals surface area contributed by atoms with E-state index in [1.807, 2.05) is 0 Å². The molecule has 1 nitrogen and oxygen atoms in total. The molecule has 2 saturated carbocycles. The van der Waals surface area contributed by atoms with Gasteiger partial charge in [-0.05, 0) is 73.5 Å². The Morgan fingerprint density at radius 3 is 2.35 bits per heavy atom. The minimum absolute atomic E-state index is 0.792. The van der Waals surface area contributed by atoms with Gasteiger partial charge in [0.05, 0.1) is 7.11 Å². The van der Waals surface area contributed by atoms with Gasteiger partial charge < -0.3 is 4.74 Å². The molecule has 0 saturated heterocycles. The molecule has 20 heavy (non-hydrogen) atoms. The Labute approximate surface area is 123 Å². The highest BCUT2D eigenvalue weighted by molar-refractivity contribution is 5.29. The van der Waals surface area contributed by atoms with Gasteiger partial charge in [0.15, 0.2) is 0 Å². The molecule has 0 aliphatic heterocycles. The normalized spacial score (nSPS) is 33.5. The molecule has 110 valence electrons. The maximum atomic E-state index is 5.27. The lowest BCUT2D eigenvalue weighted by atomic mass is 9.63. The fraction of sp³-hybridized carbons (Fsp3) is 0.684. The molecule has 2 aliphatic rings. The van der Waals surface area contributed by atoms with E-state index in [1.165, 1.54) is 50.5 Å². The van der Waals surface area contributed by atoms with E-state index in [0.717, 1.165) is 29.4 Å². The largest absolute Gasteiger partial charge is 0.497 e. The van der Waals surface area contributed by atoms with Crippen molar-refractivity contribution in [2.24, 2.45) is 17.8 Å². The summed E-state index contributed by atoms with van der Waals surface area (Å²) < 4.78 is 5.27. The Kier molecular flexibility index (Phi) is 4.33. The summed E-state index contributed by atoms with van der Waals surface area (Å²) in [6.07, 6.45) is 10.1. The average Bonchev–Trinajstić information content (AvgIpc) is 2.54. The molecule has 0 spiro atoms. The lowest BCUT2D eigenvalue weighted by Gasteiger charge is -2.42. The molecule has 2 fully saturated rings. The van der Waals surface area contributed by atoms with Crippen molar-refractivity contribution in [3.63, 3.8) is 0 Å². The molecule has 0 amide bonds. The van der Waals surface area contributed by atoms with E-state index in [-0.39, 0.29) is 0 Å². The molecule has 1 heteroatoms. The molecular weight excluding hydrogens is 244 g/mol. The van der Waals surface area contributed by atoms with Crippen molar-refractivity contribution in [3.05, 3.63) is 29.8 Å². The highest BCUT2D eigenvalue weighted by Crippen LogP contribution is 2.48. The number of hydrogen-bond acceptors (Lipinski definition) is 1. The summed E-state index contributed by atoms with van der Waals surface area (Å²) in [6, 6.07) is 8.80. The molecule has 0 bridgehead atoms. The van der Waals surface area contributed by atoms with Crippen LogP contribution in [0.1, 0.15) is 63.4 Å². The van der Waals surface area contributed by atoms with E-state index in [1.54, 1.807) is 7.11 Å².